The van der Waals surface area contributed by atoms with Crippen molar-refractivity contribution < 1.29 is 19.8 Å². The van der Waals surface area contributed by atoms with E-state index in [1.54, 1.807) is 13.8 Å². The van der Waals surface area contributed by atoms with E-state index >= 15 is 0 Å². The Bertz CT molecular complexity index is 164. The van der Waals surface area contributed by atoms with Crippen molar-refractivity contribution in [3.05, 3.63) is 0 Å². The molecule has 0 aromatic heterocycles. The first-order valence-corrected chi connectivity index (χ1v) is 5.21. The SMILES string of the molecule is CCC(S)C(=O)O.CCC(S)C(=O)O. The summed E-state index contributed by atoms with van der Waals surface area (Å²) in [5.74, 6) is -1.68. The number of carbonyl (C=O) groups is 2. The Labute approximate surface area is 94.5 Å². The maximum Gasteiger partial charge on any atom is 0.316 e. The molecule has 0 aliphatic heterocycles. The lowest BCUT2D eigenvalue weighted by Crippen LogP contribution is -2.10. The van der Waals surface area contributed by atoms with Crippen LogP contribution in [0.25, 0.3) is 0 Å². The molecule has 14 heavy (non-hydrogen) atoms. The third kappa shape index (κ3) is 9.73. The Balaban J connectivity index is 0. The summed E-state index contributed by atoms with van der Waals surface area (Å²) in [6, 6.07) is 0. The molecule has 0 saturated carbocycles. The molecule has 0 radical (unpaired) electrons. The minimum atomic E-state index is -0.842. The molecule has 2 unspecified atom stereocenters. The monoisotopic (exact) mass is 240 g/mol. The van der Waals surface area contributed by atoms with E-state index in [9.17, 15) is 9.59 Å². The molecule has 2 atom stereocenters. The van der Waals surface area contributed by atoms with Gasteiger partial charge in [-0.15, -0.1) is 0 Å². The molecule has 4 nitrogen and oxygen atoms in total. The Morgan fingerprint density at radius 2 is 1.21 bits per heavy atom. The van der Waals surface area contributed by atoms with Crippen molar-refractivity contribution >= 4 is 37.2 Å². The molecule has 0 fully saturated rings. The van der Waals surface area contributed by atoms with Gasteiger partial charge in [0.1, 0.15) is 0 Å². The van der Waals surface area contributed by atoms with E-state index in [1.165, 1.54) is 0 Å². The Morgan fingerprint density at radius 1 is 1.00 bits per heavy atom. The summed E-state index contributed by atoms with van der Waals surface area (Å²) in [5, 5.41) is 15.2. The van der Waals surface area contributed by atoms with Crippen LogP contribution in [0.15, 0.2) is 0 Å². The molecule has 2 N–H and O–H groups in total. The van der Waals surface area contributed by atoms with E-state index < -0.39 is 22.4 Å². The van der Waals surface area contributed by atoms with Crippen LogP contribution in [0.4, 0.5) is 0 Å². The lowest BCUT2D eigenvalue weighted by atomic mass is 10.3. The van der Waals surface area contributed by atoms with Crippen molar-refractivity contribution in [1.82, 2.24) is 0 Å². The zero-order valence-corrected chi connectivity index (χ0v) is 9.96. The van der Waals surface area contributed by atoms with Crippen LogP contribution in [0, 0.1) is 0 Å². The van der Waals surface area contributed by atoms with E-state index in [1.807, 2.05) is 0 Å². The van der Waals surface area contributed by atoms with Gasteiger partial charge in [-0.3, -0.25) is 9.59 Å². The third-order valence-corrected chi connectivity index (χ3v) is 2.52. The largest absolute Gasteiger partial charge is 0.480 e. The molecule has 0 aliphatic rings. The van der Waals surface area contributed by atoms with Gasteiger partial charge in [0.15, 0.2) is 0 Å². The molecule has 0 saturated heterocycles. The van der Waals surface area contributed by atoms with Gasteiger partial charge in [-0.2, -0.15) is 25.3 Å². The highest BCUT2D eigenvalue weighted by Gasteiger charge is 2.06. The first-order chi connectivity index (χ1) is 6.36. The smallest absolute Gasteiger partial charge is 0.316 e. The second-order valence-electron chi connectivity index (χ2n) is 2.52. The summed E-state index contributed by atoms with van der Waals surface area (Å²) in [5.41, 5.74) is 0. The summed E-state index contributed by atoms with van der Waals surface area (Å²) >= 11 is 7.45. The standard InChI is InChI=1S/2C4H8O2S/c2*1-2-3(7)4(5)6/h2*3,7H,2H2,1H3,(H,5,6). The van der Waals surface area contributed by atoms with Crippen LogP contribution in [0.1, 0.15) is 26.7 Å². The molecular formula is C8H16O4S2. The van der Waals surface area contributed by atoms with E-state index in [-0.39, 0.29) is 0 Å². The van der Waals surface area contributed by atoms with E-state index in [0.717, 1.165) is 0 Å². The summed E-state index contributed by atoms with van der Waals surface area (Å²) in [6.45, 7) is 3.57. The maximum atomic E-state index is 9.85. The van der Waals surface area contributed by atoms with Crippen LogP contribution in [-0.4, -0.2) is 32.7 Å². The highest BCUT2D eigenvalue weighted by Crippen LogP contribution is 1.98. The van der Waals surface area contributed by atoms with Crippen molar-refractivity contribution in [3.63, 3.8) is 0 Å². The van der Waals surface area contributed by atoms with Gasteiger partial charge in [0.25, 0.3) is 0 Å². The predicted octanol–water partition coefficient (Wildman–Crippen LogP) is 1.56. The molecule has 6 heteroatoms. The first kappa shape index (κ1) is 16.1. The van der Waals surface area contributed by atoms with Crippen LogP contribution >= 0.6 is 25.3 Å². The molecule has 0 rings (SSSR count). The Kier molecular flexibility index (Phi) is 10.6. The van der Waals surface area contributed by atoms with Crippen molar-refractivity contribution in [1.29, 1.82) is 0 Å². The third-order valence-electron chi connectivity index (χ3n) is 1.34. The number of hydrogen-bond acceptors (Lipinski definition) is 4. The summed E-state index contributed by atoms with van der Waals surface area (Å²) in [4.78, 5) is 19.7. The number of hydrogen-bond donors (Lipinski definition) is 4. The highest BCUT2D eigenvalue weighted by atomic mass is 32.1. The van der Waals surface area contributed by atoms with E-state index in [4.69, 9.17) is 10.2 Å². The summed E-state index contributed by atoms with van der Waals surface area (Å²) in [7, 11) is 0. The predicted molar refractivity (Wildman–Crippen MR) is 61.4 cm³/mol. The minimum Gasteiger partial charge on any atom is -0.480 e. The highest BCUT2D eigenvalue weighted by molar-refractivity contribution is 7.82. The zero-order valence-electron chi connectivity index (χ0n) is 8.17. The topological polar surface area (TPSA) is 74.6 Å². The van der Waals surface area contributed by atoms with E-state index in [2.05, 4.69) is 25.3 Å². The molecule has 0 bridgehead atoms. The maximum absolute atomic E-state index is 9.85. The lowest BCUT2D eigenvalue weighted by Gasteiger charge is -1.95. The van der Waals surface area contributed by atoms with Gasteiger partial charge in [-0.25, -0.2) is 0 Å². The number of carboxylic acids is 2. The second-order valence-corrected chi connectivity index (χ2v) is 3.77. The number of carboxylic acid groups (broad SMARTS) is 2. The number of thiol groups is 2. The quantitative estimate of drug-likeness (QED) is 0.563. The molecule has 0 aromatic rings. The van der Waals surface area contributed by atoms with Gasteiger partial charge < -0.3 is 10.2 Å². The molecule has 0 heterocycles. The van der Waals surface area contributed by atoms with Crippen LogP contribution < -0.4 is 0 Å². The average molecular weight is 240 g/mol. The van der Waals surface area contributed by atoms with Crippen molar-refractivity contribution in [2.24, 2.45) is 0 Å². The van der Waals surface area contributed by atoms with E-state index in [0.29, 0.717) is 12.8 Å². The average Bonchev–Trinajstić information content (AvgIpc) is 2.15. The van der Waals surface area contributed by atoms with Crippen LogP contribution in [-0.2, 0) is 9.59 Å². The second kappa shape index (κ2) is 9.21. The molecule has 0 aromatic carbocycles. The Morgan fingerprint density at radius 3 is 1.21 bits per heavy atom. The van der Waals surface area contributed by atoms with Crippen molar-refractivity contribution in [3.8, 4) is 0 Å². The van der Waals surface area contributed by atoms with Gasteiger partial charge in [0.05, 0.1) is 10.5 Å². The lowest BCUT2D eigenvalue weighted by molar-refractivity contribution is -0.137. The van der Waals surface area contributed by atoms with Gasteiger partial charge in [0.2, 0.25) is 0 Å². The van der Waals surface area contributed by atoms with Crippen LogP contribution in [0.3, 0.4) is 0 Å². The van der Waals surface area contributed by atoms with Crippen LogP contribution in [0.2, 0.25) is 0 Å². The molecule has 84 valence electrons. The number of aliphatic carboxylic acids is 2. The van der Waals surface area contributed by atoms with Gasteiger partial charge in [-0.1, -0.05) is 13.8 Å². The van der Waals surface area contributed by atoms with Gasteiger partial charge >= 0.3 is 11.9 Å². The minimum absolute atomic E-state index is 0.486. The van der Waals surface area contributed by atoms with Gasteiger partial charge in [-0.05, 0) is 12.8 Å². The fraction of sp³-hybridized carbons (Fsp3) is 0.750. The first-order valence-electron chi connectivity index (χ1n) is 4.18. The molecule has 0 aliphatic carbocycles. The van der Waals surface area contributed by atoms with Crippen LogP contribution in [0.5, 0.6) is 0 Å². The fourth-order valence-corrected chi connectivity index (χ4v) is 0.349. The summed E-state index contributed by atoms with van der Waals surface area (Å²) < 4.78 is 0. The zero-order chi connectivity index (χ0) is 11.7. The number of rotatable bonds is 4. The van der Waals surface area contributed by atoms with Crippen molar-refractivity contribution in [2.45, 2.75) is 37.2 Å². The normalized spacial score (nSPS) is 13.4. The summed E-state index contributed by atoms with van der Waals surface area (Å²) in [6.07, 6.45) is 1.16. The fourth-order valence-electron chi connectivity index (χ4n) is 0.349. The Hall–Kier alpha value is -0.360. The van der Waals surface area contributed by atoms with Crippen molar-refractivity contribution in [2.75, 3.05) is 0 Å². The molecule has 0 amide bonds. The molecular weight excluding hydrogens is 224 g/mol. The van der Waals surface area contributed by atoms with Gasteiger partial charge in [0, 0.05) is 0 Å². The molecule has 0 spiro atoms.